The lowest BCUT2D eigenvalue weighted by Gasteiger charge is -2.37. The summed E-state index contributed by atoms with van der Waals surface area (Å²) in [7, 11) is 0. The van der Waals surface area contributed by atoms with E-state index in [1.807, 2.05) is 19.3 Å². The predicted molar refractivity (Wildman–Crippen MR) is 63.3 cm³/mol. The molecule has 1 aromatic rings. The van der Waals surface area contributed by atoms with Gasteiger partial charge >= 0.3 is 0 Å². The molecule has 1 aromatic heterocycles. The zero-order chi connectivity index (χ0) is 11.4. The summed E-state index contributed by atoms with van der Waals surface area (Å²) < 4.78 is 2.17. The lowest BCUT2D eigenvalue weighted by atomic mass is 9.91. The van der Waals surface area contributed by atoms with Gasteiger partial charge in [-0.2, -0.15) is 0 Å². The van der Waals surface area contributed by atoms with Crippen molar-refractivity contribution in [3.05, 3.63) is 18.2 Å². The van der Waals surface area contributed by atoms with Crippen molar-refractivity contribution in [1.82, 2.24) is 14.5 Å². The molecule has 1 saturated carbocycles. The number of aromatic nitrogens is 2. The maximum absolute atomic E-state index is 9.06. The van der Waals surface area contributed by atoms with Crippen molar-refractivity contribution in [1.29, 1.82) is 0 Å². The largest absolute Gasteiger partial charge is 0.395 e. The first-order valence-electron chi connectivity index (χ1n) is 6.14. The second-order valence-electron chi connectivity index (χ2n) is 4.51. The molecule has 0 aromatic carbocycles. The Morgan fingerprint density at radius 2 is 2.31 bits per heavy atom. The van der Waals surface area contributed by atoms with Crippen LogP contribution in [0.4, 0.5) is 0 Å². The maximum Gasteiger partial charge on any atom is 0.105 e. The first-order valence-corrected chi connectivity index (χ1v) is 6.14. The van der Waals surface area contributed by atoms with Gasteiger partial charge in [-0.3, -0.25) is 4.90 Å². The molecule has 0 radical (unpaired) electrons. The summed E-state index contributed by atoms with van der Waals surface area (Å²) in [5.74, 6) is 1.07. The third-order valence-electron chi connectivity index (χ3n) is 3.53. The molecule has 0 bridgehead atoms. The van der Waals surface area contributed by atoms with E-state index in [0.717, 1.165) is 25.5 Å². The average molecular weight is 223 g/mol. The van der Waals surface area contributed by atoms with Gasteiger partial charge in [-0.1, -0.05) is 6.42 Å². The van der Waals surface area contributed by atoms with Crippen LogP contribution in [0.5, 0.6) is 0 Å². The molecule has 4 nitrogen and oxygen atoms in total. The molecule has 1 aliphatic rings. The first-order chi connectivity index (χ1) is 7.81. The Labute approximate surface area is 96.9 Å². The molecule has 0 spiro atoms. The Bertz CT molecular complexity index is 320. The molecule has 0 amide bonds. The third kappa shape index (κ3) is 2.62. The van der Waals surface area contributed by atoms with Gasteiger partial charge in [0.05, 0.1) is 6.61 Å². The highest BCUT2D eigenvalue weighted by atomic mass is 16.3. The van der Waals surface area contributed by atoms with E-state index in [0.29, 0.717) is 6.04 Å². The van der Waals surface area contributed by atoms with E-state index in [9.17, 15) is 0 Å². The molecule has 1 aliphatic carbocycles. The smallest absolute Gasteiger partial charge is 0.105 e. The van der Waals surface area contributed by atoms with Crippen molar-refractivity contribution in [2.75, 3.05) is 19.7 Å². The number of imidazole rings is 1. The van der Waals surface area contributed by atoms with Gasteiger partial charge in [0.25, 0.3) is 0 Å². The van der Waals surface area contributed by atoms with Crippen molar-refractivity contribution < 1.29 is 5.11 Å². The summed E-state index contributed by atoms with van der Waals surface area (Å²) in [6.45, 7) is 5.09. The van der Waals surface area contributed by atoms with Gasteiger partial charge in [0.15, 0.2) is 0 Å². The standard InChI is InChI=1S/C12H21N3O/c1-11-13-5-6-14(11)7-8-15(9-10-16)12-3-2-4-12/h5-6,12,16H,2-4,7-10H2,1H3. The summed E-state index contributed by atoms with van der Waals surface area (Å²) in [6, 6.07) is 0.705. The van der Waals surface area contributed by atoms with Gasteiger partial charge in [0.1, 0.15) is 5.82 Å². The average Bonchev–Trinajstić information content (AvgIpc) is 2.58. The molecule has 2 rings (SSSR count). The summed E-state index contributed by atoms with van der Waals surface area (Å²) >= 11 is 0. The second kappa shape index (κ2) is 5.46. The predicted octanol–water partition coefficient (Wildman–Crippen LogP) is 1.04. The van der Waals surface area contributed by atoms with Gasteiger partial charge < -0.3 is 9.67 Å². The third-order valence-corrected chi connectivity index (χ3v) is 3.53. The van der Waals surface area contributed by atoms with Crippen LogP contribution in [-0.4, -0.2) is 45.3 Å². The maximum atomic E-state index is 9.06. The van der Waals surface area contributed by atoms with Crippen LogP contribution < -0.4 is 0 Å². The second-order valence-corrected chi connectivity index (χ2v) is 4.51. The fraction of sp³-hybridized carbons (Fsp3) is 0.750. The van der Waals surface area contributed by atoms with E-state index >= 15 is 0 Å². The van der Waals surface area contributed by atoms with E-state index in [-0.39, 0.29) is 6.61 Å². The molecule has 4 heteroatoms. The monoisotopic (exact) mass is 223 g/mol. The molecule has 1 fully saturated rings. The van der Waals surface area contributed by atoms with E-state index in [2.05, 4.69) is 14.5 Å². The minimum Gasteiger partial charge on any atom is -0.395 e. The Hall–Kier alpha value is -0.870. The molecular weight excluding hydrogens is 202 g/mol. The molecule has 0 atom stereocenters. The van der Waals surface area contributed by atoms with Crippen LogP contribution in [0.2, 0.25) is 0 Å². The minimum absolute atomic E-state index is 0.263. The van der Waals surface area contributed by atoms with Gasteiger partial charge in [-0.15, -0.1) is 0 Å². The Kier molecular flexibility index (Phi) is 3.96. The number of aliphatic hydroxyl groups excluding tert-OH is 1. The first kappa shape index (κ1) is 11.6. The summed E-state index contributed by atoms with van der Waals surface area (Å²) in [5, 5.41) is 9.06. The number of rotatable bonds is 6. The zero-order valence-corrected chi connectivity index (χ0v) is 9.97. The van der Waals surface area contributed by atoms with Crippen LogP contribution in [0, 0.1) is 6.92 Å². The fourth-order valence-corrected chi connectivity index (χ4v) is 2.23. The fourth-order valence-electron chi connectivity index (χ4n) is 2.23. The van der Waals surface area contributed by atoms with Crippen LogP contribution >= 0.6 is 0 Å². The molecule has 1 heterocycles. The summed E-state index contributed by atoms with van der Waals surface area (Å²) in [5.41, 5.74) is 0. The van der Waals surface area contributed by atoms with Crippen molar-refractivity contribution >= 4 is 0 Å². The summed E-state index contributed by atoms with van der Waals surface area (Å²) in [6.07, 6.45) is 7.80. The quantitative estimate of drug-likeness (QED) is 0.783. The van der Waals surface area contributed by atoms with E-state index in [4.69, 9.17) is 5.11 Å². The topological polar surface area (TPSA) is 41.3 Å². The molecule has 0 aliphatic heterocycles. The van der Waals surface area contributed by atoms with E-state index in [1.54, 1.807) is 0 Å². The molecule has 0 saturated heterocycles. The number of nitrogens with zero attached hydrogens (tertiary/aromatic N) is 3. The molecule has 1 N–H and O–H groups in total. The number of aryl methyl sites for hydroxylation is 1. The number of hydrogen-bond acceptors (Lipinski definition) is 3. The minimum atomic E-state index is 0.263. The normalized spacial score (nSPS) is 16.7. The lowest BCUT2D eigenvalue weighted by molar-refractivity contribution is 0.0976. The highest BCUT2D eigenvalue weighted by molar-refractivity contribution is 4.89. The van der Waals surface area contributed by atoms with Crippen molar-refractivity contribution in [2.45, 2.75) is 38.8 Å². The Morgan fingerprint density at radius 3 is 2.81 bits per heavy atom. The van der Waals surface area contributed by atoms with Crippen LogP contribution in [-0.2, 0) is 6.54 Å². The highest BCUT2D eigenvalue weighted by Gasteiger charge is 2.23. The Balaban J connectivity index is 1.83. The van der Waals surface area contributed by atoms with Crippen molar-refractivity contribution in [3.63, 3.8) is 0 Å². The van der Waals surface area contributed by atoms with Crippen LogP contribution in [0.25, 0.3) is 0 Å². The molecule has 90 valence electrons. The van der Waals surface area contributed by atoms with Crippen molar-refractivity contribution in [2.24, 2.45) is 0 Å². The van der Waals surface area contributed by atoms with Gasteiger partial charge in [-0.25, -0.2) is 4.98 Å². The molecular formula is C12H21N3O. The van der Waals surface area contributed by atoms with Crippen LogP contribution in [0.1, 0.15) is 25.1 Å². The van der Waals surface area contributed by atoms with Gasteiger partial charge in [-0.05, 0) is 19.8 Å². The number of hydrogen-bond donors (Lipinski definition) is 1. The van der Waals surface area contributed by atoms with Crippen LogP contribution in [0.15, 0.2) is 12.4 Å². The van der Waals surface area contributed by atoms with E-state index in [1.165, 1.54) is 19.3 Å². The lowest BCUT2D eigenvalue weighted by Crippen LogP contribution is -2.43. The Morgan fingerprint density at radius 1 is 1.50 bits per heavy atom. The highest BCUT2D eigenvalue weighted by Crippen LogP contribution is 2.24. The van der Waals surface area contributed by atoms with Gasteiger partial charge in [0, 0.05) is 38.1 Å². The number of aliphatic hydroxyl groups is 1. The molecule has 0 unspecified atom stereocenters. The van der Waals surface area contributed by atoms with Crippen molar-refractivity contribution in [3.8, 4) is 0 Å². The zero-order valence-electron chi connectivity index (χ0n) is 9.97. The summed E-state index contributed by atoms with van der Waals surface area (Å²) in [4.78, 5) is 6.62. The van der Waals surface area contributed by atoms with Crippen LogP contribution in [0.3, 0.4) is 0 Å². The van der Waals surface area contributed by atoms with Gasteiger partial charge in [0.2, 0.25) is 0 Å². The molecule has 16 heavy (non-hydrogen) atoms. The SMILES string of the molecule is Cc1nccn1CCN(CCO)C1CCC1. The van der Waals surface area contributed by atoms with E-state index < -0.39 is 0 Å².